The third-order valence-electron chi connectivity index (χ3n) is 3.26. The van der Waals surface area contributed by atoms with E-state index in [9.17, 15) is 9.18 Å². The molecule has 108 valence electrons. The monoisotopic (exact) mass is 287 g/mol. The molecule has 0 fully saturated rings. The van der Waals surface area contributed by atoms with Crippen LogP contribution in [0.25, 0.3) is 0 Å². The lowest BCUT2D eigenvalue weighted by molar-refractivity contribution is 0.102. The quantitative estimate of drug-likeness (QED) is 0.747. The van der Waals surface area contributed by atoms with Crippen LogP contribution in [0.5, 0.6) is 0 Å². The van der Waals surface area contributed by atoms with Crippen molar-refractivity contribution in [3.8, 4) is 0 Å². The van der Waals surface area contributed by atoms with Crippen molar-refractivity contribution < 1.29 is 19.2 Å². The molecule has 0 saturated carbocycles. The Labute approximate surface area is 122 Å². The van der Waals surface area contributed by atoms with Crippen molar-refractivity contribution in [3.05, 3.63) is 58.9 Å². The maximum atomic E-state index is 13.4. The van der Waals surface area contributed by atoms with Gasteiger partial charge in [0.1, 0.15) is 5.82 Å². The van der Waals surface area contributed by atoms with E-state index in [0.29, 0.717) is 5.69 Å². The van der Waals surface area contributed by atoms with Gasteiger partial charge in [-0.2, -0.15) is 0 Å². The molecule has 0 atom stereocenters. The molecule has 0 unspecified atom stereocenters. The number of halogens is 1. The van der Waals surface area contributed by atoms with Gasteiger partial charge < -0.3 is 15.4 Å². The van der Waals surface area contributed by atoms with Gasteiger partial charge in [-0.15, -0.1) is 0 Å². The zero-order valence-corrected chi connectivity index (χ0v) is 11.7. The minimum Gasteiger partial charge on any atom is -0.423 e. The van der Waals surface area contributed by atoms with Gasteiger partial charge in [-0.05, 0) is 43.2 Å². The maximum Gasteiger partial charge on any atom is 0.491 e. The summed E-state index contributed by atoms with van der Waals surface area (Å²) >= 11 is 0. The molecule has 6 heteroatoms. The van der Waals surface area contributed by atoms with E-state index in [4.69, 9.17) is 10.0 Å². The Morgan fingerprint density at radius 1 is 1.14 bits per heavy atom. The lowest BCUT2D eigenvalue weighted by Gasteiger charge is -2.12. The van der Waals surface area contributed by atoms with Crippen LogP contribution in [0.2, 0.25) is 0 Å². The highest BCUT2D eigenvalue weighted by atomic mass is 19.1. The smallest absolute Gasteiger partial charge is 0.423 e. The van der Waals surface area contributed by atoms with Crippen molar-refractivity contribution in [2.75, 3.05) is 5.32 Å². The van der Waals surface area contributed by atoms with Crippen LogP contribution in [0, 0.1) is 19.7 Å². The zero-order chi connectivity index (χ0) is 15.6. The van der Waals surface area contributed by atoms with Crippen LogP contribution in [-0.2, 0) is 0 Å². The fraction of sp³-hybridized carbons (Fsp3) is 0.133. The van der Waals surface area contributed by atoms with Crippen LogP contribution >= 0.6 is 0 Å². The number of hydrogen-bond acceptors (Lipinski definition) is 3. The van der Waals surface area contributed by atoms with Gasteiger partial charge in [0.15, 0.2) is 0 Å². The molecule has 0 radical (unpaired) electrons. The largest absolute Gasteiger partial charge is 0.491 e. The standard InChI is InChI=1S/C15H15BFNO3/c1-9-4-3-5-10(2)14(9)18-15(19)11-6-7-13(17)12(8-11)16(20)21/h3-8,20-21H,1-2H3,(H,18,19). The molecule has 2 aromatic carbocycles. The first kappa shape index (κ1) is 15.2. The molecule has 21 heavy (non-hydrogen) atoms. The predicted molar refractivity (Wildman–Crippen MR) is 80.1 cm³/mol. The van der Waals surface area contributed by atoms with Crippen LogP contribution in [0.1, 0.15) is 21.5 Å². The number of hydrogen-bond donors (Lipinski definition) is 3. The summed E-state index contributed by atoms with van der Waals surface area (Å²) in [5.41, 5.74) is 2.34. The normalized spacial score (nSPS) is 10.3. The highest BCUT2D eigenvalue weighted by molar-refractivity contribution is 6.58. The molecule has 0 aliphatic rings. The third-order valence-corrected chi connectivity index (χ3v) is 3.26. The number of amides is 1. The van der Waals surface area contributed by atoms with E-state index in [1.54, 1.807) is 0 Å². The minimum atomic E-state index is -1.96. The summed E-state index contributed by atoms with van der Waals surface area (Å²) in [6.45, 7) is 3.74. The van der Waals surface area contributed by atoms with Crippen molar-refractivity contribution in [2.45, 2.75) is 13.8 Å². The number of carbonyl (C=O) groups excluding carboxylic acids is 1. The molecule has 0 saturated heterocycles. The number of nitrogens with one attached hydrogen (secondary N) is 1. The highest BCUT2D eigenvalue weighted by Gasteiger charge is 2.19. The van der Waals surface area contributed by atoms with Gasteiger partial charge in [-0.1, -0.05) is 18.2 Å². The molecule has 4 nitrogen and oxygen atoms in total. The van der Waals surface area contributed by atoms with Crippen molar-refractivity contribution >= 4 is 24.2 Å². The summed E-state index contributed by atoms with van der Waals surface area (Å²) in [6, 6.07) is 9.09. The van der Waals surface area contributed by atoms with Gasteiger partial charge >= 0.3 is 7.12 Å². The Morgan fingerprint density at radius 3 is 2.33 bits per heavy atom. The molecule has 2 rings (SSSR count). The fourth-order valence-corrected chi connectivity index (χ4v) is 2.08. The second-order valence-corrected chi connectivity index (χ2v) is 4.83. The van der Waals surface area contributed by atoms with E-state index in [-0.39, 0.29) is 11.0 Å². The Kier molecular flexibility index (Phi) is 4.40. The maximum absolute atomic E-state index is 13.4. The number of aryl methyl sites for hydroxylation is 2. The Bertz CT molecular complexity index is 668. The van der Waals surface area contributed by atoms with Crippen LogP contribution in [-0.4, -0.2) is 23.1 Å². The van der Waals surface area contributed by atoms with E-state index in [2.05, 4.69) is 5.32 Å². The number of carbonyl (C=O) groups is 1. The van der Waals surface area contributed by atoms with Crippen LogP contribution < -0.4 is 10.8 Å². The Balaban J connectivity index is 2.31. The molecule has 0 heterocycles. The molecule has 0 bridgehead atoms. The van der Waals surface area contributed by atoms with Crippen molar-refractivity contribution in [1.29, 1.82) is 0 Å². The summed E-state index contributed by atoms with van der Waals surface area (Å²) in [4.78, 5) is 12.2. The van der Waals surface area contributed by atoms with Crippen molar-refractivity contribution in [3.63, 3.8) is 0 Å². The predicted octanol–water partition coefficient (Wildman–Crippen LogP) is 1.37. The zero-order valence-electron chi connectivity index (χ0n) is 11.7. The molecule has 0 spiro atoms. The molecule has 2 aromatic rings. The summed E-state index contributed by atoms with van der Waals surface area (Å²) in [7, 11) is -1.96. The first-order valence-corrected chi connectivity index (χ1v) is 6.43. The van der Waals surface area contributed by atoms with Gasteiger partial charge in [0, 0.05) is 16.7 Å². The molecule has 0 aromatic heterocycles. The van der Waals surface area contributed by atoms with E-state index < -0.39 is 18.8 Å². The van der Waals surface area contributed by atoms with Gasteiger partial charge in [0.2, 0.25) is 0 Å². The summed E-state index contributed by atoms with van der Waals surface area (Å²) < 4.78 is 13.4. The van der Waals surface area contributed by atoms with E-state index in [1.807, 2.05) is 32.0 Å². The summed E-state index contributed by atoms with van der Waals surface area (Å²) in [5.74, 6) is -1.21. The van der Waals surface area contributed by atoms with Crippen LogP contribution in [0.15, 0.2) is 36.4 Å². The fourth-order valence-electron chi connectivity index (χ4n) is 2.08. The highest BCUT2D eigenvalue weighted by Crippen LogP contribution is 2.20. The SMILES string of the molecule is Cc1cccc(C)c1NC(=O)c1ccc(F)c(B(O)O)c1. The van der Waals surface area contributed by atoms with E-state index >= 15 is 0 Å². The van der Waals surface area contributed by atoms with Gasteiger partial charge in [-0.3, -0.25) is 4.79 Å². The number of benzene rings is 2. The van der Waals surface area contributed by atoms with Crippen LogP contribution in [0.4, 0.5) is 10.1 Å². The number of rotatable bonds is 3. The van der Waals surface area contributed by atoms with E-state index in [1.165, 1.54) is 6.07 Å². The first-order valence-electron chi connectivity index (χ1n) is 6.43. The van der Waals surface area contributed by atoms with E-state index in [0.717, 1.165) is 23.3 Å². The second-order valence-electron chi connectivity index (χ2n) is 4.83. The van der Waals surface area contributed by atoms with Crippen molar-refractivity contribution in [1.82, 2.24) is 0 Å². The Hall–Kier alpha value is -2.18. The first-order chi connectivity index (χ1) is 9.90. The molecule has 0 aliphatic carbocycles. The Morgan fingerprint density at radius 2 is 1.76 bits per heavy atom. The number of anilines is 1. The van der Waals surface area contributed by atoms with Crippen molar-refractivity contribution in [2.24, 2.45) is 0 Å². The molecule has 1 amide bonds. The van der Waals surface area contributed by atoms with Gasteiger partial charge in [-0.25, -0.2) is 4.39 Å². The third kappa shape index (κ3) is 3.29. The average molecular weight is 287 g/mol. The van der Waals surface area contributed by atoms with Gasteiger partial charge in [0.05, 0.1) is 0 Å². The topological polar surface area (TPSA) is 69.6 Å². The molecule has 3 N–H and O–H groups in total. The number of para-hydroxylation sites is 1. The summed E-state index contributed by atoms with van der Waals surface area (Å²) in [6.07, 6.45) is 0. The molecular weight excluding hydrogens is 272 g/mol. The minimum absolute atomic E-state index is 0.155. The summed E-state index contributed by atoms with van der Waals surface area (Å²) in [5, 5.41) is 20.9. The molecular formula is C15H15BFNO3. The van der Waals surface area contributed by atoms with Gasteiger partial charge in [0.25, 0.3) is 5.91 Å². The molecule has 0 aliphatic heterocycles. The van der Waals surface area contributed by atoms with Crippen LogP contribution in [0.3, 0.4) is 0 Å². The lowest BCUT2D eigenvalue weighted by Crippen LogP contribution is -2.33. The average Bonchev–Trinajstić information content (AvgIpc) is 2.43. The lowest BCUT2D eigenvalue weighted by atomic mass is 9.79. The second kappa shape index (κ2) is 6.07.